The first-order chi connectivity index (χ1) is 11.5. The molecule has 0 radical (unpaired) electrons. The van der Waals surface area contributed by atoms with Crippen LogP contribution in [0.4, 0.5) is 5.69 Å². The van der Waals surface area contributed by atoms with Gasteiger partial charge in [0, 0.05) is 0 Å². The highest BCUT2D eigenvalue weighted by molar-refractivity contribution is 7.92. The molecule has 1 aliphatic rings. The Morgan fingerprint density at radius 3 is 2.67 bits per heavy atom. The molecule has 1 N–H and O–H groups in total. The molecular formula is C18H19NO4S. The summed E-state index contributed by atoms with van der Waals surface area (Å²) in [5.74, 6) is -0.551. The molecular weight excluding hydrogens is 326 g/mol. The van der Waals surface area contributed by atoms with E-state index in [-0.39, 0.29) is 22.8 Å². The molecule has 0 saturated carbocycles. The van der Waals surface area contributed by atoms with Crippen molar-refractivity contribution < 1.29 is 17.9 Å². The molecule has 3 rings (SSSR count). The van der Waals surface area contributed by atoms with Crippen LogP contribution in [-0.2, 0) is 27.6 Å². The molecule has 0 spiro atoms. The van der Waals surface area contributed by atoms with Crippen molar-refractivity contribution in [3.8, 4) is 0 Å². The maximum absolute atomic E-state index is 12.7. The van der Waals surface area contributed by atoms with Crippen molar-refractivity contribution in [2.24, 2.45) is 0 Å². The molecule has 0 atom stereocenters. The Morgan fingerprint density at radius 1 is 1.12 bits per heavy atom. The first kappa shape index (κ1) is 16.5. The first-order valence-corrected chi connectivity index (χ1v) is 9.40. The first-order valence-electron chi connectivity index (χ1n) is 7.92. The minimum atomic E-state index is -3.76. The number of sulfonamides is 1. The maximum atomic E-state index is 12.7. The van der Waals surface area contributed by atoms with E-state index in [4.69, 9.17) is 4.74 Å². The van der Waals surface area contributed by atoms with Gasteiger partial charge in [-0.15, -0.1) is 0 Å². The molecule has 24 heavy (non-hydrogen) atoms. The summed E-state index contributed by atoms with van der Waals surface area (Å²) in [5.41, 5.74) is 2.71. The van der Waals surface area contributed by atoms with Crippen molar-refractivity contribution in [3.05, 3.63) is 59.2 Å². The number of benzene rings is 2. The van der Waals surface area contributed by atoms with E-state index < -0.39 is 16.0 Å². The van der Waals surface area contributed by atoms with Crippen LogP contribution in [0.15, 0.2) is 47.4 Å². The number of ether oxygens (including phenoxy) is 1. The van der Waals surface area contributed by atoms with E-state index in [0.717, 1.165) is 24.8 Å². The summed E-state index contributed by atoms with van der Waals surface area (Å²) in [7, 11) is -3.76. The Labute approximate surface area is 141 Å². The lowest BCUT2D eigenvalue weighted by molar-refractivity contribution is 0.0527. The summed E-state index contributed by atoms with van der Waals surface area (Å²) in [5, 5.41) is 0. The van der Waals surface area contributed by atoms with Crippen molar-refractivity contribution in [2.75, 3.05) is 11.3 Å². The van der Waals surface area contributed by atoms with Crippen molar-refractivity contribution in [3.63, 3.8) is 0 Å². The predicted molar refractivity (Wildman–Crippen MR) is 91.7 cm³/mol. The summed E-state index contributed by atoms with van der Waals surface area (Å²) < 4.78 is 32.8. The topological polar surface area (TPSA) is 72.5 Å². The van der Waals surface area contributed by atoms with Crippen molar-refractivity contribution in [1.29, 1.82) is 0 Å². The number of esters is 1. The Bertz CT molecular complexity index is 874. The fourth-order valence-electron chi connectivity index (χ4n) is 2.88. The maximum Gasteiger partial charge on any atom is 0.340 e. The monoisotopic (exact) mass is 345 g/mol. The number of nitrogens with one attached hydrogen (secondary N) is 1. The lowest BCUT2D eigenvalue weighted by Crippen LogP contribution is -2.16. The fraction of sp³-hybridized carbons (Fsp3) is 0.278. The number of hydrogen-bond donors (Lipinski definition) is 1. The number of aryl methyl sites for hydroxylation is 2. The van der Waals surface area contributed by atoms with Crippen LogP contribution in [0.5, 0.6) is 0 Å². The van der Waals surface area contributed by atoms with Gasteiger partial charge < -0.3 is 4.74 Å². The summed E-state index contributed by atoms with van der Waals surface area (Å²) in [6, 6.07) is 11.6. The van der Waals surface area contributed by atoms with Crippen LogP contribution in [0.3, 0.4) is 0 Å². The SMILES string of the molecule is CCOC(=O)c1ccccc1NS(=O)(=O)c1ccc2c(c1)CCC2. The fourth-order valence-corrected chi connectivity index (χ4v) is 4.01. The van der Waals surface area contributed by atoms with Gasteiger partial charge in [-0.3, -0.25) is 4.72 Å². The smallest absolute Gasteiger partial charge is 0.340 e. The van der Waals surface area contributed by atoms with Gasteiger partial charge in [0.1, 0.15) is 0 Å². The molecule has 1 aliphatic carbocycles. The lowest BCUT2D eigenvalue weighted by Gasteiger charge is -2.12. The zero-order valence-electron chi connectivity index (χ0n) is 13.4. The van der Waals surface area contributed by atoms with Crippen LogP contribution >= 0.6 is 0 Å². The molecule has 126 valence electrons. The van der Waals surface area contributed by atoms with Crippen LogP contribution < -0.4 is 4.72 Å². The molecule has 0 bridgehead atoms. The van der Waals surface area contributed by atoms with E-state index in [9.17, 15) is 13.2 Å². The predicted octanol–water partition coefficient (Wildman–Crippen LogP) is 3.15. The average Bonchev–Trinajstić information content (AvgIpc) is 3.03. The van der Waals surface area contributed by atoms with E-state index in [0.29, 0.717) is 0 Å². The number of para-hydroxylation sites is 1. The highest BCUT2D eigenvalue weighted by Crippen LogP contribution is 2.26. The molecule has 0 heterocycles. The van der Waals surface area contributed by atoms with Crippen LogP contribution in [-0.4, -0.2) is 21.0 Å². The van der Waals surface area contributed by atoms with Gasteiger partial charge in [-0.05, 0) is 61.6 Å². The highest BCUT2D eigenvalue weighted by atomic mass is 32.2. The largest absolute Gasteiger partial charge is 0.462 e. The Hall–Kier alpha value is -2.34. The molecule has 6 heteroatoms. The minimum absolute atomic E-state index is 0.198. The third kappa shape index (κ3) is 3.28. The van der Waals surface area contributed by atoms with E-state index >= 15 is 0 Å². The van der Waals surface area contributed by atoms with E-state index in [1.54, 1.807) is 43.3 Å². The van der Waals surface area contributed by atoms with Crippen LogP contribution in [0.25, 0.3) is 0 Å². The molecule has 2 aromatic carbocycles. The number of rotatable bonds is 5. The Balaban J connectivity index is 1.92. The number of hydrogen-bond acceptors (Lipinski definition) is 4. The number of fused-ring (bicyclic) bond motifs is 1. The van der Waals surface area contributed by atoms with Crippen LogP contribution in [0.1, 0.15) is 34.8 Å². The van der Waals surface area contributed by atoms with Crippen molar-refractivity contribution >= 4 is 21.7 Å². The molecule has 0 aromatic heterocycles. The van der Waals surface area contributed by atoms with E-state index in [2.05, 4.69) is 4.72 Å². The normalized spacial score (nSPS) is 13.4. The van der Waals surface area contributed by atoms with Gasteiger partial charge in [0.2, 0.25) is 0 Å². The number of carbonyl (C=O) groups is 1. The molecule has 0 aliphatic heterocycles. The van der Waals surface area contributed by atoms with Gasteiger partial charge in [0.25, 0.3) is 10.0 Å². The summed E-state index contributed by atoms with van der Waals surface area (Å²) in [4.78, 5) is 12.2. The zero-order valence-corrected chi connectivity index (χ0v) is 14.2. The summed E-state index contributed by atoms with van der Waals surface area (Å²) in [6.45, 7) is 1.93. The van der Waals surface area contributed by atoms with Gasteiger partial charge in [-0.1, -0.05) is 18.2 Å². The minimum Gasteiger partial charge on any atom is -0.462 e. The van der Waals surface area contributed by atoms with Crippen LogP contribution in [0.2, 0.25) is 0 Å². The molecule has 0 fully saturated rings. The second-order valence-corrected chi connectivity index (χ2v) is 7.34. The second-order valence-electron chi connectivity index (χ2n) is 5.66. The summed E-state index contributed by atoms with van der Waals surface area (Å²) in [6.07, 6.45) is 2.95. The molecule has 2 aromatic rings. The van der Waals surface area contributed by atoms with Crippen molar-refractivity contribution in [2.45, 2.75) is 31.1 Å². The Kier molecular flexibility index (Phi) is 4.57. The standard InChI is InChI=1S/C18H19NO4S/c1-2-23-18(20)16-8-3-4-9-17(16)19-24(21,22)15-11-10-13-6-5-7-14(13)12-15/h3-4,8-12,19H,2,5-7H2,1H3. The van der Waals surface area contributed by atoms with Crippen molar-refractivity contribution in [1.82, 2.24) is 0 Å². The summed E-state index contributed by atoms with van der Waals surface area (Å²) >= 11 is 0. The molecule has 5 nitrogen and oxygen atoms in total. The number of carbonyl (C=O) groups excluding carboxylic acids is 1. The second kappa shape index (κ2) is 6.65. The van der Waals surface area contributed by atoms with Gasteiger partial charge in [0.15, 0.2) is 0 Å². The van der Waals surface area contributed by atoms with E-state index in [1.165, 1.54) is 5.56 Å². The van der Waals surface area contributed by atoms with Gasteiger partial charge in [-0.2, -0.15) is 0 Å². The number of anilines is 1. The third-order valence-electron chi connectivity index (χ3n) is 4.05. The molecule has 0 amide bonds. The quantitative estimate of drug-likeness (QED) is 0.845. The lowest BCUT2D eigenvalue weighted by atomic mass is 10.1. The Morgan fingerprint density at radius 2 is 1.88 bits per heavy atom. The third-order valence-corrected chi connectivity index (χ3v) is 5.41. The molecule has 0 unspecified atom stereocenters. The van der Waals surface area contributed by atoms with Gasteiger partial charge in [0.05, 0.1) is 22.8 Å². The highest BCUT2D eigenvalue weighted by Gasteiger charge is 2.21. The average molecular weight is 345 g/mol. The van der Waals surface area contributed by atoms with Crippen LogP contribution in [0, 0.1) is 0 Å². The van der Waals surface area contributed by atoms with Gasteiger partial charge >= 0.3 is 5.97 Å². The zero-order chi connectivity index (χ0) is 17.2. The van der Waals surface area contributed by atoms with Gasteiger partial charge in [-0.25, -0.2) is 13.2 Å². The molecule has 0 saturated heterocycles. The van der Waals surface area contributed by atoms with E-state index in [1.807, 2.05) is 6.07 Å².